The topological polar surface area (TPSA) is 0 Å². The number of rotatable bonds is 3. The van der Waals surface area contributed by atoms with Crippen LogP contribution in [0.3, 0.4) is 0 Å². The van der Waals surface area contributed by atoms with E-state index < -0.39 is 0 Å². The minimum atomic E-state index is -0.1000. The zero-order valence-corrected chi connectivity index (χ0v) is 29.8. The summed E-state index contributed by atoms with van der Waals surface area (Å²) in [5, 5.41) is 12.9. The standard InChI is InChI=1S/C53H36/c1-53(2)48-24-12-23-41(51(48)47-30-27-34-14-4-6-18-42(34)52(47)53)35-15-11-16-37(31-35)49-43-19-7-9-21-45(43)50(46-22-10-8-20-44(46)49)38-28-29-40-36(32-38)26-25-33-13-3-5-17-39(33)40/h3-32H,1-2H3. The molecule has 0 heterocycles. The maximum Gasteiger partial charge on any atom is 0.0165 e. The van der Waals surface area contributed by atoms with Gasteiger partial charge in [0.15, 0.2) is 0 Å². The number of hydrogen-bond acceptors (Lipinski definition) is 0. The van der Waals surface area contributed by atoms with E-state index in [0.717, 1.165) is 0 Å². The molecule has 0 bridgehead atoms. The first kappa shape index (κ1) is 30.2. The molecule has 0 atom stereocenters. The summed E-state index contributed by atoms with van der Waals surface area (Å²) in [6.07, 6.45) is 0. The Morgan fingerprint density at radius 3 is 1.51 bits per heavy atom. The van der Waals surface area contributed by atoms with Crippen LogP contribution in [0.2, 0.25) is 0 Å². The summed E-state index contributed by atoms with van der Waals surface area (Å²) in [6, 6.07) is 67.9. The van der Waals surface area contributed by atoms with Crippen molar-refractivity contribution < 1.29 is 0 Å². The molecule has 0 amide bonds. The van der Waals surface area contributed by atoms with Crippen LogP contribution in [0.1, 0.15) is 25.0 Å². The quantitative estimate of drug-likeness (QED) is 0.129. The Bertz CT molecular complexity index is 3080. The Hall–Kier alpha value is -6.50. The van der Waals surface area contributed by atoms with Gasteiger partial charge >= 0.3 is 0 Å². The van der Waals surface area contributed by atoms with Crippen LogP contribution in [0.25, 0.3) is 98.4 Å². The minimum absolute atomic E-state index is 0.1000. The van der Waals surface area contributed by atoms with Crippen molar-refractivity contribution in [3.63, 3.8) is 0 Å². The summed E-state index contributed by atoms with van der Waals surface area (Å²) in [6.45, 7) is 4.78. The Kier molecular flexibility index (Phi) is 6.40. The van der Waals surface area contributed by atoms with Gasteiger partial charge in [0, 0.05) is 5.41 Å². The highest BCUT2D eigenvalue weighted by atomic mass is 14.4. The Labute approximate surface area is 309 Å². The van der Waals surface area contributed by atoms with E-state index in [2.05, 4.69) is 196 Å². The van der Waals surface area contributed by atoms with Crippen LogP contribution in [-0.2, 0) is 5.41 Å². The van der Waals surface area contributed by atoms with Crippen LogP contribution >= 0.6 is 0 Å². The van der Waals surface area contributed by atoms with Gasteiger partial charge in [-0.3, -0.25) is 0 Å². The summed E-state index contributed by atoms with van der Waals surface area (Å²) >= 11 is 0. The Morgan fingerprint density at radius 1 is 0.302 bits per heavy atom. The first-order valence-electron chi connectivity index (χ1n) is 18.7. The van der Waals surface area contributed by atoms with E-state index in [1.165, 1.54) is 109 Å². The lowest BCUT2D eigenvalue weighted by Gasteiger charge is -2.23. The van der Waals surface area contributed by atoms with Crippen molar-refractivity contribution >= 4 is 53.9 Å². The van der Waals surface area contributed by atoms with Crippen LogP contribution in [0, 0.1) is 0 Å². The van der Waals surface area contributed by atoms with Crippen LogP contribution < -0.4 is 0 Å². The van der Waals surface area contributed by atoms with E-state index in [1.807, 2.05) is 0 Å². The third-order valence-electron chi connectivity index (χ3n) is 12.0. The zero-order valence-electron chi connectivity index (χ0n) is 29.8. The molecule has 0 aliphatic heterocycles. The molecule has 0 spiro atoms. The molecule has 10 aromatic rings. The second-order valence-electron chi connectivity index (χ2n) is 15.2. The predicted molar refractivity (Wildman–Crippen MR) is 228 cm³/mol. The molecule has 0 aromatic heterocycles. The van der Waals surface area contributed by atoms with Gasteiger partial charge in [-0.15, -0.1) is 0 Å². The highest BCUT2D eigenvalue weighted by molar-refractivity contribution is 6.22. The molecular formula is C53H36. The van der Waals surface area contributed by atoms with E-state index in [9.17, 15) is 0 Å². The molecule has 0 heteroatoms. The SMILES string of the molecule is CC1(C)c2cccc(-c3cccc(-c4c5ccccc5c(-c5ccc6c(ccc7ccccc76)c5)c5ccccc45)c3)c2-c2ccc3ccccc3c21. The number of hydrogen-bond donors (Lipinski definition) is 0. The molecule has 0 radical (unpaired) electrons. The van der Waals surface area contributed by atoms with E-state index in [1.54, 1.807) is 0 Å². The fourth-order valence-corrected chi connectivity index (χ4v) is 9.65. The van der Waals surface area contributed by atoms with Gasteiger partial charge in [-0.05, 0) is 122 Å². The van der Waals surface area contributed by atoms with Gasteiger partial charge < -0.3 is 0 Å². The van der Waals surface area contributed by atoms with Crippen molar-refractivity contribution in [2.24, 2.45) is 0 Å². The van der Waals surface area contributed by atoms with Gasteiger partial charge in [0.05, 0.1) is 0 Å². The minimum Gasteiger partial charge on any atom is -0.0616 e. The highest BCUT2D eigenvalue weighted by Gasteiger charge is 2.38. The van der Waals surface area contributed by atoms with Gasteiger partial charge in [0.2, 0.25) is 0 Å². The van der Waals surface area contributed by atoms with Gasteiger partial charge in [-0.1, -0.05) is 184 Å². The van der Waals surface area contributed by atoms with Crippen LogP contribution in [0.15, 0.2) is 182 Å². The molecule has 1 aliphatic rings. The molecule has 0 unspecified atom stereocenters. The summed E-state index contributed by atoms with van der Waals surface area (Å²) in [7, 11) is 0. The Balaban J connectivity index is 1.13. The van der Waals surface area contributed by atoms with Crippen molar-refractivity contribution in [3.05, 3.63) is 193 Å². The van der Waals surface area contributed by atoms with Crippen LogP contribution in [0.4, 0.5) is 0 Å². The maximum absolute atomic E-state index is 2.43. The molecule has 53 heavy (non-hydrogen) atoms. The van der Waals surface area contributed by atoms with Gasteiger partial charge in [-0.25, -0.2) is 0 Å². The fraction of sp³-hybridized carbons (Fsp3) is 0.0566. The maximum atomic E-state index is 2.43. The molecule has 0 fully saturated rings. The number of benzene rings is 10. The Morgan fingerprint density at radius 2 is 0.811 bits per heavy atom. The molecule has 0 N–H and O–H groups in total. The van der Waals surface area contributed by atoms with Crippen molar-refractivity contribution in [3.8, 4) is 44.5 Å². The van der Waals surface area contributed by atoms with E-state index in [0.29, 0.717) is 0 Å². The van der Waals surface area contributed by atoms with Gasteiger partial charge in [-0.2, -0.15) is 0 Å². The highest BCUT2D eigenvalue weighted by Crippen LogP contribution is 2.54. The largest absolute Gasteiger partial charge is 0.0616 e. The van der Waals surface area contributed by atoms with Crippen molar-refractivity contribution in [2.75, 3.05) is 0 Å². The molecular weight excluding hydrogens is 637 g/mol. The molecule has 0 saturated heterocycles. The summed E-state index contributed by atoms with van der Waals surface area (Å²) in [5.41, 5.74) is 13.0. The predicted octanol–water partition coefficient (Wildman–Crippen LogP) is 14.8. The third-order valence-corrected chi connectivity index (χ3v) is 12.0. The summed E-state index contributed by atoms with van der Waals surface area (Å²) in [5.74, 6) is 0. The molecule has 248 valence electrons. The van der Waals surface area contributed by atoms with Crippen LogP contribution in [0.5, 0.6) is 0 Å². The first-order chi connectivity index (χ1) is 26.1. The lowest BCUT2D eigenvalue weighted by atomic mass is 9.80. The molecule has 10 aromatic carbocycles. The zero-order chi connectivity index (χ0) is 35.3. The average molecular weight is 673 g/mol. The van der Waals surface area contributed by atoms with Crippen molar-refractivity contribution in [1.29, 1.82) is 0 Å². The van der Waals surface area contributed by atoms with Crippen molar-refractivity contribution in [2.45, 2.75) is 19.3 Å². The smallest absolute Gasteiger partial charge is 0.0165 e. The lowest BCUT2D eigenvalue weighted by molar-refractivity contribution is 0.666. The molecule has 0 saturated carbocycles. The molecule has 1 aliphatic carbocycles. The average Bonchev–Trinajstić information content (AvgIpc) is 3.46. The van der Waals surface area contributed by atoms with Gasteiger partial charge in [0.25, 0.3) is 0 Å². The van der Waals surface area contributed by atoms with E-state index in [-0.39, 0.29) is 5.41 Å². The lowest BCUT2D eigenvalue weighted by Crippen LogP contribution is -2.15. The monoisotopic (exact) mass is 672 g/mol. The fourth-order valence-electron chi connectivity index (χ4n) is 9.65. The second kappa shape index (κ2) is 11.2. The van der Waals surface area contributed by atoms with Gasteiger partial charge in [0.1, 0.15) is 0 Å². The normalized spacial score (nSPS) is 13.2. The first-order valence-corrected chi connectivity index (χ1v) is 18.7. The molecule has 0 nitrogen and oxygen atoms in total. The summed E-state index contributed by atoms with van der Waals surface area (Å²) in [4.78, 5) is 0. The molecule has 11 rings (SSSR count). The second-order valence-corrected chi connectivity index (χ2v) is 15.2. The summed E-state index contributed by atoms with van der Waals surface area (Å²) < 4.78 is 0. The number of fused-ring (bicyclic) bond motifs is 10. The van der Waals surface area contributed by atoms with Crippen LogP contribution in [-0.4, -0.2) is 0 Å². The van der Waals surface area contributed by atoms with E-state index in [4.69, 9.17) is 0 Å². The third kappa shape index (κ3) is 4.36. The van der Waals surface area contributed by atoms with E-state index >= 15 is 0 Å². The van der Waals surface area contributed by atoms with Crippen molar-refractivity contribution in [1.82, 2.24) is 0 Å².